The topological polar surface area (TPSA) is 26.3 Å². The molecule has 1 unspecified atom stereocenters. The monoisotopic (exact) mass is 296 g/mol. The highest BCUT2D eigenvalue weighted by Crippen LogP contribution is 2.34. The Labute approximate surface area is 110 Å². The van der Waals surface area contributed by atoms with Crippen LogP contribution >= 0.6 is 15.9 Å². The van der Waals surface area contributed by atoms with Crippen LogP contribution in [0.5, 0.6) is 5.75 Å². The maximum atomic E-state index is 12.0. The molecule has 0 N–H and O–H groups in total. The Balaban J connectivity index is 2.28. The number of hydrogen-bond acceptors (Lipinski definition) is 2. The van der Waals surface area contributed by atoms with Crippen molar-refractivity contribution in [2.75, 3.05) is 0 Å². The van der Waals surface area contributed by atoms with Crippen LogP contribution in [0.1, 0.15) is 43.5 Å². The molecule has 0 amide bonds. The molecule has 1 aliphatic heterocycles. The van der Waals surface area contributed by atoms with Crippen molar-refractivity contribution in [1.29, 1.82) is 0 Å². The lowest BCUT2D eigenvalue weighted by atomic mass is 9.89. The van der Waals surface area contributed by atoms with E-state index in [2.05, 4.69) is 29.8 Å². The van der Waals surface area contributed by atoms with E-state index in [1.807, 2.05) is 18.2 Å². The van der Waals surface area contributed by atoms with Crippen LogP contribution in [-0.4, -0.2) is 11.9 Å². The van der Waals surface area contributed by atoms with Gasteiger partial charge >= 0.3 is 0 Å². The molecule has 0 bridgehead atoms. The summed E-state index contributed by atoms with van der Waals surface area (Å²) in [5.74, 6) is 1.40. The molecular formula is C14H17BrO2. The molecule has 0 radical (unpaired) electrons. The van der Waals surface area contributed by atoms with Gasteiger partial charge in [-0.15, -0.1) is 0 Å². The predicted octanol–water partition coefficient (Wildman–Crippen LogP) is 4.22. The molecule has 0 fully saturated rings. The normalized spacial score (nSPS) is 19.1. The van der Waals surface area contributed by atoms with Crippen molar-refractivity contribution in [3.8, 4) is 5.75 Å². The van der Waals surface area contributed by atoms with Crippen molar-refractivity contribution in [3.63, 3.8) is 0 Å². The molecule has 3 heteroatoms. The summed E-state index contributed by atoms with van der Waals surface area (Å²) in [6.45, 7) is 4.30. The highest BCUT2D eigenvalue weighted by atomic mass is 79.9. The van der Waals surface area contributed by atoms with Gasteiger partial charge in [0.15, 0.2) is 5.78 Å². The predicted molar refractivity (Wildman–Crippen MR) is 71.6 cm³/mol. The summed E-state index contributed by atoms with van der Waals surface area (Å²) in [4.78, 5) is 12.0. The number of ether oxygens (including phenoxy) is 1. The summed E-state index contributed by atoms with van der Waals surface area (Å²) in [5, 5.41) is 0. The minimum Gasteiger partial charge on any atom is -0.489 e. The molecule has 92 valence electrons. The molecule has 17 heavy (non-hydrogen) atoms. The van der Waals surface area contributed by atoms with Crippen molar-refractivity contribution >= 4 is 21.7 Å². The molecule has 1 aliphatic rings. The highest BCUT2D eigenvalue weighted by Gasteiger charge is 2.30. The van der Waals surface area contributed by atoms with E-state index in [9.17, 15) is 4.79 Å². The van der Waals surface area contributed by atoms with E-state index < -0.39 is 0 Å². The zero-order valence-electron chi connectivity index (χ0n) is 10.2. The van der Waals surface area contributed by atoms with Crippen LogP contribution in [0.3, 0.4) is 0 Å². The fraction of sp³-hybridized carbons (Fsp3) is 0.500. The average Bonchev–Trinajstić information content (AvgIpc) is 2.30. The lowest BCUT2D eigenvalue weighted by molar-refractivity contribution is 0.0716. The zero-order valence-corrected chi connectivity index (χ0v) is 11.8. The summed E-state index contributed by atoms with van der Waals surface area (Å²) in [6, 6.07) is 5.62. The Morgan fingerprint density at radius 2 is 2.12 bits per heavy atom. The number of fused-ring (bicyclic) bond motifs is 1. The molecule has 1 heterocycles. The third-order valence-corrected chi connectivity index (χ3v) is 3.98. The van der Waals surface area contributed by atoms with Gasteiger partial charge in [0.05, 0.1) is 5.56 Å². The van der Waals surface area contributed by atoms with Gasteiger partial charge in [-0.3, -0.25) is 4.79 Å². The van der Waals surface area contributed by atoms with Crippen LogP contribution in [0.25, 0.3) is 0 Å². The van der Waals surface area contributed by atoms with E-state index in [0.29, 0.717) is 12.3 Å². The smallest absolute Gasteiger partial charge is 0.170 e. The van der Waals surface area contributed by atoms with E-state index in [4.69, 9.17) is 4.74 Å². The highest BCUT2D eigenvalue weighted by molar-refractivity contribution is 9.10. The standard InChI is InChI=1S/C14H17BrO2/c1-3-9(4-2)13-8-12(16)11-6-5-10(15)7-14(11)17-13/h5-7,9,13H,3-4,8H2,1-2H3. The van der Waals surface area contributed by atoms with E-state index in [1.54, 1.807) is 0 Å². The van der Waals surface area contributed by atoms with Crippen LogP contribution in [-0.2, 0) is 0 Å². The number of halogens is 1. The maximum Gasteiger partial charge on any atom is 0.170 e. The van der Waals surface area contributed by atoms with E-state index in [-0.39, 0.29) is 11.9 Å². The van der Waals surface area contributed by atoms with Crippen molar-refractivity contribution in [1.82, 2.24) is 0 Å². The maximum absolute atomic E-state index is 12.0. The number of ketones is 1. The zero-order chi connectivity index (χ0) is 12.4. The van der Waals surface area contributed by atoms with Gasteiger partial charge in [0.2, 0.25) is 0 Å². The third-order valence-electron chi connectivity index (χ3n) is 3.48. The number of benzene rings is 1. The first kappa shape index (κ1) is 12.6. The molecule has 1 aromatic rings. The molecule has 1 atom stereocenters. The fourth-order valence-corrected chi connectivity index (χ4v) is 2.74. The first-order chi connectivity index (χ1) is 8.15. The molecule has 0 saturated carbocycles. The van der Waals surface area contributed by atoms with Crippen LogP contribution in [0.4, 0.5) is 0 Å². The number of hydrogen-bond donors (Lipinski definition) is 0. The Morgan fingerprint density at radius 3 is 2.76 bits per heavy atom. The van der Waals surface area contributed by atoms with Crippen LogP contribution < -0.4 is 4.74 Å². The summed E-state index contributed by atoms with van der Waals surface area (Å²) >= 11 is 3.41. The fourth-order valence-electron chi connectivity index (χ4n) is 2.40. The van der Waals surface area contributed by atoms with Crippen LogP contribution in [0, 0.1) is 5.92 Å². The van der Waals surface area contributed by atoms with Gasteiger partial charge in [-0.25, -0.2) is 0 Å². The molecule has 2 rings (SSSR count). The molecule has 0 aromatic heterocycles. The third kappa shape index (κ3) is 2.54. The van der Waals surface area contributed by atoms with E-state index in [1.165, 1.54) is 0 Å². The Hall–Kier alpha value is -0.830. The second-order valence-corrected chi connectivity index (χ2v) is 5.42. The quantitative estimate of drug-likeness (QED) is 0.835. The number of rotatable bonds is 3. The first-order valence-corrected chi connectivity index (χ1v) is 6.94. The molecule has 0 spiro atoms. The second kappa shape index (κ2) is 5.21. The minimum absolute atomic E-state index is 0.0410. The Bertz CT molecular complexity index is 424. The van der Waals surface area contributed by atoms with Crippen LogP contribution in [0.15, 0.2) is 22.7 Å². The molecular weight excluding hydrogens is 280 g/mol. The average molecular weight is 297 g/mol. The largest absolute Gasteiger partial charge is 0.489 e. The van der Waals surface area contributed by atoms with Gasteiger partial charge < -0.3 is 4.74 Å². The number of carbonyl (C=O) groups excluding carboxylic acids is 1. The lowest BCUT2D eigenvalue weighted by Gasteiger charge is -2.30. The summed E-state index contributed by atoms with van der Waals surface area (Å²) in [5.41, 5.74) is 0.718. The van der Waals surface area contributed by atoms with Gasteiger partial charge in [-0.2, -0.15) is 0 Å². The van der Waals surface area contributed by atoms with Crippen molar-refractivity contribution < 1.29 is 9.53 Å². The molecule has 0 saturated heterocycles. The van der Waals surface area contributed by atoms with Crippen molar-refractivity contribution in [3.05, 3.63) is 28.2 Å². The molecule has 0 aliphatic carbocycles. The van der Waals surface area contributed by atoms with Gasteiger partial charge in [-0.1, -0.05) is 29.8 Å². The summed E-state index contributed by atoms with van der Waals surface area (Å²) in [7, 11) is 0. The lowest BCUT2D eigenvalue weighted by Crippen LogP contribution is -2.33. The first-order valence-electron chi connectivity index (χ1n) is 6.15. The van der Waals surface area contributed by atoms with Gasteiger partial charge in [-0.05, 0) is 37.0 Å². The summed E-state index contributed by atoms with van der Waals surface area (Å²) in [6.07, 6.45) is 2.66. The summed E-state index contributed by atoms with van der Waals surface area (Å²) < 4.78 is 6.93. The molecule has 1 aromatic carbocycles. The van der Waals surface area contributed by atoms with Gasteiger partial charge in [0, 0.05) is 10.9 Å². The van der Waals surface area contributed by atoms with Gasteiger partial charge in [0.25, 0.3) is 0 Å². The van der Waals surface area contributed by atoms with E-state index >= 15 is 0 Å². The van der Waals surface area contributed by atoms with Crippen molar-refractivity contribution in [2.24, 2.45) is 5.92 Å². The second-order valence-electron chi connectivity index (χ2n) is 4.50. The number of carbonyl (C=O) groups is 1. The SMILES string of the molecule is CCC(CC)C1CC(=O)c2ccc(Br)cc2O1. The molecule has 2 nitrogen and oxygen atoms in total. The Kier molecular flexibility index (Phi) is 3.87. The van der Waals surface area contributed by atoms with Crippen LogP contribution in [0.2, 0.25) is 0 Å². The number of Topliss-reactive ketones (excluding diaryl/α,β-unsaturated/α-hetero) is 1. The van der Waals surface area contributed by atoms with E-state index in [0.717, 1.165) is 28.6 Å². The van der Waals surface area contributed by atoms with Gasteiger partial charge in [0.1, 0.15) is 11.9 Å². The minimum atomic E-state index is 0.0410. The van der Waals surface area contributed by atoms with Crippen molar-refractivity contribution in [2.45, 2.75) is 39.2 Å². The Morgan fingerprint density at radius 1 is 1.41 bits per heavy atom.